The van der Waals surface area contributed by atoms with E-state index in [9.17, 15) is 4.79 Å². The molecule has 0 aromatic heterocycles. The van der Waals surface area contributed by atoms with Crippen LogP contribution in [0.2, 0.25) is 0 Å². The second-order valence-corrected chi connectivity index (χ2v) is 9.81. The SMILES string of the molecule is CCCC[N+](CCCC)(CCCC)CCCC.N[C@@H](Cc1ccc(O)cc1)C(=O)O.O=S(=O)(O)O. The van der Waals surface area contributed by atoms with Crippen LogP contribution in [0, 0.1) is 0 Å². The van der Waals surface area contributed by atoms with Crippen molar-refractivity contribution >= 4 is 16.4 Å². The fraction of sp³-hybridized carbons (Fsp3) is 0.720. The molecule has 1 atom stereocenters. The van der Waals surface area contributed by atoms with Gasteiger partial charge in [-0.1, -0.05) is 65.5 Å². The normalized spacial score (nSPS) is 12.1. The van der Waals surface area contributed by atoms with Gasteiger partial charge in [0, 0.05) is 0 Å². The summed E-state index contributed by atoms with van der Waals surface area (Å²) in [5.41, 5.74) is 6.12. The van der Waals surface area contributed by atoms with Crippen molar-refractivity contribution in [1.29, 1.82) is 0 Å². The number of nitrogens with two attached hydrogens (primary N) is 1. The van der Waals surface area contributed by atoms with Crippen LogP contribution in [0.4, 0.5) is 0 Å². The smallest absolute Gasteiger partial charge is 0.394 e. The maximum absolute atomic E-state index is 10.4. The van der Waals surface area contributed by atoms with Gasteiger partial charge in [-0.05, 0) is 49.8 Å². The Morgan fingerprint density at radius 1 is 0.829 bits per heavy atom. The summed E-state index contributed by atoms with van der Waals surface area (Å²) in [4.78, 5) is 10.4. The maximum atomic E-state index is 10.4. The van der Waals surface area contributed by atoms with Crippen molar-refractivity contribution in [2.45, 2.75) is 91.5 Å². The summed E-state index contributed by atoms with van der Waals surface area (Å²) in [5, 5.41) is 17.5. The van der Waals surface area contributed by atoms with E-state index < -0.39 is 22.4 Å². The zero-order chi connectivity index (χ0) is 27.3. The quantitative estimate of drug-likeness (QED) is 0.164. The summed E-state index contributed by atoms with van der Waals surface area (Å²) in [6.07, 6.45) is 11.3. The van der Waals surface area contributed by atoms with Crippen LogP contribution in [0.25, 0.3) is 0 Å². The summed E-state index contributed by atoms with van der Waals surface area (Å²) in [6, 6.07) is 5.42. The van der Waals surface area contributed by atoms with E-state index in [1.807, 2.05) is 0 Å². The molecule has 0 saturated carbocycles. The van der Waals surface area contributed by atoms with Gasteiger partial charge in [0.15, 0.2) is 0 Å². The van der Waals surface area contributed by atoms with Gasteiger partial charge in [-0.2, -0.15) is 8.42 Å². The molecule has 1 rings (SSSR count). The summed E-state index contributed by atoms with van der Waals surface area (Å²) in [7, 11) is -4.67. The van der Waals surface area contributed by atoms with Crippen molar-refractivity contribution in [3.8, 4) is 5.75 Å². The molecule has 0 aliphatic heterocycles. The molecule has 0 aliphatic carbocycles. The molecule has 35 heavy (non-hydrogen) atoms. The molecule has 0 unspecified atom stereocenters. The van der Waals surface area contributed by atoms with Gasteiger partial charge in [-0.25, -0.2) is 0 Å². The average Bonchev–Trinajstić information content (AvgIpc) is 2.79. The molecule has 0 fully saturated rings. The molecular formula is C25H49N2O7S+. The molecule has 0 saturated heterocycles. The van der Waals surface area contributed by atoms with Gasteiger partial charge in [0.1, 0.15) is 11.8 Å². The summed E-state index contributed by atoms with van der Waals surface area (Å²) in [6.45, 7) is 15.0. The van der Waals surface area contributed by atoms with Crippen molar-refractivity contribution in [2.24, 2.45) is 5.73 Å². The van der Waals surface area contributed by atoms with E-state index in [1.165, 1.54) is 94.2 Å². The highest BCUT2D eigenvalue weighted by Gasteiger charge is 2.24. The van der Waals surface area contributed by atoms with Gasteiger partial charge >= 0.3 is 16.4 Å². The molecule has 206 valence electrons. The number of aromatic hydroxyl groups is 1. The summed E-state index contributed by atoms with van der Waals surface area (Å²) in [5.74, 6) is -0.860. The Labute approximate surface area is 212 Å². The van der Waals surface area contributed by atoms with Gasteiger partial charge in [0.25, 0.3) is 0 Å². The molecule has 0 aliphatic rings. The van der Waals surface area contributed by atoms with Crippen LogP contribution in [0.3, 0.4) is 0 Å². The number of phenolic OH excluding ortho intramolecular Hbond substituents is 1. The predicted octanol–water partition coefficient (Wildman–Crippen LogP) is 4.70. The summed E-state index contributed by atoms with van der Waals surface area (Å²) >= 11 is 0. The van der Waals surface area contributed by atoms with Crippen LogP contribution >= 0.6 is 0 Å². The van der Waals surface area contributed by atoms with Crippen LogP contribution in [0.15, 0.2) is 24.3 Å². The molecule has 0 amide bonds. The average molecular weight is 522 g/mol. The van der Waals surface area contributed by atoms with Gasteiger partial charge in [-0.3, -0.25) is 13.9 Å². The number of unbranched alkanes of at least 4 members (excludes halogenated alkanes) is 4. The van der Waals surface area contributed by atoms with Crippen LogP contribution in [0.5, 0.6) is 5.75 Å². The standard InChI is InChI=1S/C16H36N.C9H11NO3.H2O4S/c1-5-9-13-17(14-10-6-2,15-11-7-3)16-12-8-4;10-8(9(12)13)5-6-1-3-7(11)4-2-6;1-5(2,3)4/h5-16H2,1-4H3;1-4,8,11H,5,10H2,(H,12,13);(H2,1,2,3,4)/q+1;;/t;8-;/m.0./s1. The fourth-order valence-corrected chi connectivity index (χ4v) is 3.62. The molecule has 9 nitrogen and oxygen atoms in total. The van der Waals surface area contributed by atoms with Crippen molar-refractivity contribution in [2.75, 3.05) is 26.2 Å². The van der Waals surface area contributed by atoms with Gasteiger partial charge in [0.05, 0.1) is 26.2 Å². The molecule has 0 heterocycles. The largest absolute Gasteiger partial charge is 0.508 e. The number of nitrogens with zero attached hydrogens (tertiary/aromatic N) is 1. The Morgan fingerprint density at radius 3 is 1.40 bits per heavy atom. The number of phenols is 1. The first-order valence-electron chi connectivity index (χ1n) is 12.6. The highest BCUT2D eigenvalue weighted by atomic mass is 32.3. The predicted molar refractivity (Wildman–Crippen MR) is 141 cm³/mol. The highest BCUT2D eigenvalue weighted by molar-refractivity contribution is 7.79. The monoisotopic (exact) mass is 521 g/mol. The Balaban J connectivity index is 0. The van der Waals surface area contributed by atoms with Crippen LogP contribution in [-0.2, 0) is 21.6 Å². The molecule has 0 radical (unpaired) electrons. The van der Waals surface area contributed by atoms with E-state index >= 15 is 0 Å². The topological polar surface area (TPSA) is 158 Å². The first-order valence-corrected chi connectivity index (χ1v) is 14.0. The minimum absolute atomic E-state index is 0.160. The number of hydrogen-bond acceptors (Lipinski definition) is 5. The number of quaternary nitrogens is 1. The van der Waals surface area contributed by atoms with Crippen LogP contribution in [-0.4, -0.2) is 70.4 Å². The number of carboxylic acids is 1. The van der Waals surface area contributed by atoms with E-state index in [-0.39, 0.29) is 12.2 Å². The lowest BCUT2D eigenvalue weighted by molar-refractivity contribution is -0.929. The van der Waals surface area contributed by atoms with Crippen molar-refractivity contribution in [3.63, 3.8) is 0 Å². The van der Waals surface area contributed by atoms with E-state index in [0.29, 0.717) is 0 Å². The van der Waals surface area contributed by atoms with E-state index in [1.54, 1.807) is 12.1 Å². The minimum Gasteiger partial charge on any atom is -0.508 e. The van der Waals surface area contributed by atoms with Crippen molar-refractivity contribution < 1.29 is 37.0 Å². The second-order valence-electron chi connectivity index (χ2n) is 8.91. The number of carbonyl (C=O) groups is 1. The third-order valence-corrected chi connectivity index (χ3v) is 5.65. The fourth-order valence-electron chi connectivity index (χ4n) is 3.62. The molecule has 0 bridgehead atoms. The number of carboxylic acid groups (broad SMARTS) is 1. The van der Waals surface area contributed by atoms with Crippen LogP contribution < -0.4 is 5.73 Å². The maximum Gasteiger partial charge on any atom is 0.394 e. The highest BCUT2D eigenvalue weighted by Crippen LogP contribution is 2.16. The zero-order valence-corrected chi connectivity index (χ0v) is 22.8. The molecule has 0 spiro atoms. The number of hydrogen-bond donors (Lipinski definition) is 5. The third kappa shape index (κ3) is 22.5. The van der Waals surface area contributed by atoms with Gasteiger partial charge < -0.3 is 20.4 Å². The minimum atomic E-state index is -4.67. The van der Waals surface area contributed by atoms with Gasteiger partial charge in [0.2, 0.25) is 0 Å². The first kappa shape index (κ1) is 35.4. The number of rotatable bonds is 15. The number of benzene rings is 1. The van der Waals surface area contributed by atoms with Gasteiger partial charge in [-0.15, -0.1) is 0 Å². The lowest BCUT2D eigenvalue weighted by Gasteiger charge is -2.39. The Bertz CT molecular complexity index is 710. The first-order chi connectivity index (χ1) is 16.3. The van der Waals surface area contributed by atoms with Crippen molar-refractivity contribution in [1.82, 2.24) is 0 Å². The Kier molecular flexibility index (Phi) is 20.7. The molecular weight excluding hydrogens is 472 g/mol. The van der Waals surface area contributed by atoms with E-state index in [4.69, 9.17) is 33.5 Å². The summed E-state index contributed by atoms with van der Waals surface area (Å²) < 4.78 is 33.0. The molecule has 1 aromatic rings. The van der Waals surface area contributed by atoms with E-state index in [0.717, 1.165) is 5.56 Å². The lowest BCUT2D eigenvalue weighted by Crippen LogP contribution is -2.50. The van der Waals surface area contributed by atoms with E-state index in [2.05, 4.69) is 27.7 Å². The molecule has 6 N–H and O–H groups in total. The Morgan fingerprint density at radius 2 is 1.14 bits per heavy atom. The van der Waals surface area contributed by atoms with Crippen molar-refractivity contribution in [3.05, 3.63) is 29.8 Å². The van der Waals surface area contributed by atoms with Crippen LogP contribution in [0.1, 0.15) is 84.6 Å². The zero-order valence-electron chi connectivity index (χ0n) is 22.0. The second kappa shape index (κ2) is 20.5. The lowest BCUT2D eigenvalue weighted by atomic mass is 10.1. The number of aliphatic carboxylic acids is 1. The molecule has 10 heteroatoms. The third-order valence-electron chi connectivity index (χ3n) is 5.65. The Hall–Kier alpha value is -1.72. The molecule has 1 aromatic carbocycles.